The second kappa shape index (κ2) is 11.7. The van der Waals surface area contributed by atoms with Crippen molar-refractivity contribution in [1.29, 1.82) is 0 Å². The molecule has 4 rings (SSSR count). The first kappa shape index (κ1) is 28.5. The van der Waals surface area contributed by atoms with Crippen molar-refractivity contribution in [3.05, 3.63) is 32.9 Å². The minimum atomic E-state index is -3.80. The molecule has 15 heteroatoms. The number of morpholine rings is 1. The van der Waals surface area contributed by atoms with E-state index in [0.29, 0.717) is 32.7 Å². The summed E-state index contributed by atoms with van der Waals surface area (Å²) in [4.78, 5) is 25.2. The third-order valence-electron chi connectivity index (χ3n) is 6.56. The standard InChI is InChI=1S/C22H36FN4O9P/c1-14-11-22(2,3)25-18(35-14)4-7-33-37(31,26-5-8-32-9-6-26)34-13-17-16(28)10-19(36-17)27-12-15(23)20(29)24-21(27)30/h12,14,16-19,25,28H,4-11,13H2,1-3H3,(H,24,29,30)/t14?,16-,17+,18?,19+,37?/m0/s1. The summed E-state index contributed by atoms with van der Waals surface area (Å²) in [6.07, 6.45) is -1.31. The van der Waals surface area contributed by atoms with Crippen molar-refractivity contribution in [3.8, 4) is 0 Å². The molecule has 0 radical (unpaired) electrons. The third kappa shape index (κ3) is 7.14. The minimum absolute atomic E-state index is 0.0548. The van der Waals surface area contributed by atoms with E-state index in [2.05, 4.69) is 19.2 Å². The molecule has 0 aromatic carbocycles. The average molecular weight is 551 g/mol. The monoisotopic (exact) mass is 550 g/mol. The SMILES string of the molecule is CC1CC(C)(C)NC(CCOP(=O)(OC[C@H]2O[C@@H](n3cc(F)c(=O)[nH]c3=O)C[C@@H]2O)N2CCOCC2)O1. The predicted octanol–water partition coefficient (Wildman–Crippen LogP) is 0.691. The van der Waals surface area contributed by atoms with Gasteiger partial charge >= 0.3 is 13.4 Å². The van der Waals surface area contributed by atoms with Gasteiger partial charge in [-0.3, -0.25) is 28.7 Å². The van der Waals surface area contributed by atoms with Gasteiger partial charge in [-0.15, -0.1) is 0 Å². The van der Waals surface area contributed by atoms with E-state index in [-0.39, 0.29) is 37.5 Å². The average Bonchev–Trinajstić information content (AvgIpc) is 3.19. The lowest BCUT2D eigenvalue weighted by atomic mass is 9.95. The van der Waals surface area contributed by atoms with Gasteiger partial charge < -0.3 is 19.3 Å². The molecule has 0 amide bonds. The van der Waals surface area contributed by atoms with Crippen LogP contribution in [0, 0.1) is 5.82 Å². The maximum absolute atomic E-state index is 13.8. The van der Waals surface area contributed by atoms with Crippen LogP contribution in [0.15, 0.2) is 15.8 Å². The first-order valence-corrected chi connectivity index (χ1v) is 14.0. The molecule has 1 aromatic heterocycles. The first-order chi connectivity index (χ1) is 17.5. The summed E-state index contributed by atoms with van der Waals surface area (Å²) in [5.74, 6) is -1.16. The fraction of sp³-hybridized carbons (Fsp3) is 0.818. The lowest BCUT2D eigenvalue weighted by molar-refractivity contribution is -0.0946. The fourth-order valence-electron chi connectivity index (χ4n) is 4.87. The minimum Gasteiger partial charge on any atom is -0.390 e. The zero-order valence-corrected chi connectivity index (χ0v) is 22.2. The molecule has 3 N–H and O–H groups in total. The van der Waals surface area contributed by atoms with E-state index in [4.69, 9.17) is 23.3 Å². The Morgan fingerprint density at radius 1 is 1.24 bits per heavy atom. The third-order valence-corrected chi connectivity index (χ3v) is 8.63. The summed E-state index contributed by atoms with van der Waals surface area (Å²) < 4.78 is 58.6. The van der Waals surface area contributed by atoms with Gasteiger partial charge in [0.15, 0.2) is 0 Å². The number of H-pyrrole nitrogens is 1. The maximum Gasteiger partial charge on any atom is 0.408 e. The van der Waals surface area contributed by atoms with Crippen LogP contribution in [-0.2, 0) is 27.8 Å². The molecule has 3 fully saturated rings. The highest BCUT2D eigenvalue weighted by Crippen LogP contribution is 2.53. The van der Waals surface area contributed by atoms with Crippen LogP contribution in [0.2, 0.25) is 0 Å². The fourth-order valence-corrected chi connectivity index (χ4v) is 6.59. The van der Waals surface area contributed by atoms with Gasteiger partial charge in [-0.2, -0.15) is 4.39 Å². The molecule has 13 nitrogen and oxygen atoms in total. The van der Waals surface area contributed by atoms with E-state index in [9.17, 15) is 23.7 Å². The zero-order chi connectivity index (χ0) is 26.8. The number of aromatic nitrogens is 2. The molecule has 3 unspecified atom stereocenters. The number of aliphatic hydroxyl groups is 1. The maximum atomic E-state index is 13.8. The van der Waals surface area contributed by atoms with Gasteiger partial charge in [0.05, 0.1) is 44.8 Å². The van der Waals surface area contributed by atoms with Crippen molar-refractivity contribution in [3.63, 3.8) is 0 Å². The summed E-state index contributed by atoms with van der Waals surface area (Å²) in [5.41, 5.74) is -2.12. The van der Waals surface area contributed by atoms with Crippen LogP contribution < -0.4 is 16.6 Å². The number of halogens is 1. The van der Waals surface area contributed by atoms with Crippen LogP contribution in [0.25, 0.3) is 0 Å². The molecule has 0 spiro atoms. The first-order valence-electron chi connectivity index (χ1n) is 12.5. The normalized spacial score (nSPS) is 32.3. The lowest BCUT2D eigenvalue weighted by Crippen LogP contribution is -2.55. The van der Waals surface area contributed by atoms with Crippen molar-refractivity contribution in [1.82, 2.24) is 19.5 Å². The molecule has 37 heavy (non-hydrogen) atoms. The smallest absolute Gasteiger partial charge is 0.390 e. The van der Waals surface area contributed by atoms with Crippen LogP contribution in [0.5, 0.6) is 0 Å². The van der Waals surface area contributed by atoms with E-state index >= 15 is 0 Å². The van der Waals surface area contributed by atoms with Gasteiger partial charge in [0.25, 0.3) is 5.56 Å². The number of aliphatic hydroxyl groups excluding tert-OH is 1. The van der Waals surface area contributed by atoms with Gasteiger partial charge in [0.1, 0.15) is 18.6 Å². The zero-order valence-electron chi connectivity index (χ0n) is 21.3. The highest BCUT2D eigenvalue weighted by atomic mass is 31.2. The van der Waals surface area contributed by atoms with Gasteiger partial charge in [0, 0.05) is 31.5 Å². The van der Waals surface area contributed by atoms with Crippen LogP contribution >= 0.6 is 7.75 Å². The number of hydrogen-bond donors (Lipinski definition) is 3. The number of aromatic amines is 1. The van der Waals surface area contributed by atoms with E-state index < -0.39 is 43.2 Å². The van der Waals surface area contributed by atoms with Gasteiger partial charge in [-0.05, 0) is 27.2 Å². The Hall–Kier alpha value is -1.48. The molecule has 3 saturated heterocycles. The molecule has 3 aliphatic heterocycles. The number of nitrogens with one attached hydrogen (secondary N) is 2. The highest BCUT2D eigenvalue weighted by Gasteiger charge is 2.41. The van der Waals surface area contributed by atoms with Crippen molar-refractivity contribution in [2.24, 2.45) is 0 Å². The summed E-state index contributed by atoms with van der Waals surface area (Å²) in [6, 6.07) is 0. The largest absolute Gasteiger partial charge is 0.408 e. The summed E-state index contributed by atoms with van der Waals surface area (Å²) in [7, 11) is -3.80. The Labute approximate surface area is 213 Å². The van der Waals surface area contributed by atoms with Crippen LogP contribution in [0.4, 0.5) is 4.39 Å². The van der Waals surface area contributed by atoms with E-state index in [0.717, 1.165) is 17.2 Å². The van der Waals surface area contributed by atoms with E-state index in [1.54, 1.807) is 4.67 Å². The molecule has 0 bridgehead atoms. The Morgan fingerprint density at radius 3 is 2.68 bits per heavy atom. The topological polar surface area (TPSA) is 154 Å². The second-order valence-electron chi connectivity index (χ2n) is 10.2. The Balaban J connectivity index is 1.38. The van der Waals surface area contributed by atoms with Crippen molar-refractivity contribution in [2.75, 3.05) is 39.5 Å². The molecular formula is C22H36FN4O9P. The highest BCUT2D eigenvalue weighted by molar-refractivity contribution is 7.51. The van der Waals surface area contributed by atoms with Crippen molar-refractivity contribution < 1.29 is 37.3 Å². The van der Waals surface area contributed by atoms with Crippen molar-refractivity contribution >= 4 is 7.75 Å². The predicted molar refractivity (Wildman–Crippen MR) is 129 cm³/mol. The second-order valence-corrected chi connectivity index (χ2v) is 12.2. The Morgan fingerprint density at radius 2 is 1.97 bits per heavy atom. The van der Waals surface area contributed by atoms with Crippen molar-refractivity contribution in [2.45, 2.75) is 76.3 Å². The van der Waals surface area contributed by atoms with E-state index in [1.165, 1.54) is 0 Å². The number of nitrogens with zero attached hydrogens (tertiary/aromatic N) is 2. The molecule has 0 saturated carbocycles. The van der Waals surface area contributed by atoms with Gasteiger partial charge in [0.2, 0.25) is 5.82 Å². The lowest BCUT2D eigenvalue weighted by Gasteiger charge is -2.41. The molecule has 6 atom stereocenters. The number of ether oxygens (including phenoxy) is 3. The molecule has 3 aliphatic rings. The molecule has 0 aliphatic carbocycles. The Kier molecular flexibility index (Phi) is 9.04. The van der Waals surface area contributed by atoms with Crippen LogP contribution in [-0.4, -0.2) is 88.9 Å². The molecular weight excluding hydrogens is 514 g/mol. The van der Waals surface area contributed by atoms with Crippen LogP contribution in [0.3, 0.4) is 0 Å². The van der Waals surface area contributed by atoms with Gasteiger partial charge in [-0.1, -0.05) is 0 Å². The quantitative estimate of drug-likeness (QED) is 0.372. The Bertz CT molecular complexity index is 1090. The van der Waals surface area contributed by atoms with Gasteiger partial charge in [-0.25, -0.2) is 14.0 Å². The molecule has 210 valence electrons. The molecule has 1 aromatic rings. The van der Waals surface area contributed by atoms with E-state index in [1.807, 2.05) is 11.9 Å². The summed E-state index contributed by atoms with van der Waals surface area (Å²) in [5, 5.41) is 13.9. The molecule has 4 heterocycles. The summed E-state index contributed by atoms with van der Waals surface area (Å²) >= 11 is 0. The summed E-state index contributed by atoms with van der Waals surface area (Å²) in [6.45, 7) is 7.39. The number of rotatable bonds is 9. The number of hydrogen-bond acceptors (Lipinski definition) is 10. The van der Waals surface area contributed by atoms with Crippen LogP contribution in [0.1, 0.15) is 46.3 Å².